The largest absolute Gasteiger partial charge is 0.471 e. The average Bonchev–Trinajstić information content (AvgIpc) is 3.02. The van der Waals surface area contributed by atoms with Crippen molar-refractivity contribution in [2.24, 2.45) is 0 Å². The highest BCUT2D eigenvalue weighted by atomic mass is 19.4. The van der Waals surface area contributed by atoms with Crippen LogP contribution in [0.5, 0.6) is 0 Å². The predicted molar refractivity (Wildman–Crippen MR) is 108 cm³/mol. The van der Waals surface area contributed by atoms with E-state index < -0.39 is 29.6 Å². The SMILES string of the molecule is CC(C)(C)OC(=O)N1CCC(N2Cc3ccc(C(=N)NC(=O)C(F)(F)F)cc3C2=O)CC1. The van der Waals surface area contributed by atoms with E-state index in [2.05, 4.69) is 0 Å². The Morgan fingerprint density at radius 3 is 2.34 bits per heavy atom. The van der Waals surface area contributed by atoms with E-state index in [4.69, 9.17) is 10.1 Å². The molecule has 1 fully saturated rings. The molecule has 0 aliphatic carbocycles. The Hall–Kier alpha value is -3.11. The van der Waals surface area contributed by atoms with E-state index in [0.29, 0.717) is 43.6 Å². The van der Waals surface area contributed by atoms with Crippen LogP contribution in [-0.2, 0) is 16.1 Å². The summed E-state index contributed by atoms with van der Waals surface area (Å²) in [5, 5.41) is 9.23. The summed E-state index contributed by atoms with van der Waals surface area (Å²) in [5.74, 6) is -3.26. The van der Waals surface area contributed by atoms with Gasteiger partial charge in [0.15, 0.2) is 0 Å². The molecule has 174 valence electrons. The van der Waals surface area contributed by atoms with Gasteiger partial charge in [-0.3, -0.25) is 15.0 Å². The molecule has 1 saturated heterocycles. The number of carbonyl (C=O) groups excluding carboxylic acids is 3. The number of hydrogen-bond acceptors (Lipinski definition) is 5. The number of benzene rings is 1. The number of fused-ring (bicyclic) bond motifs is 1. The number of amides is 3. The van der Waals surface area contributed by atoms with Crippen LogP contribution in [-0.4, -0.2) is 64.5 Å². The summed E-state index contributed by atoms with van der Waals surface area (Å²) >= 11 is 0. The monoisotopic (exact) mass is 454 g/mol. The normalized spacial score (nSPS) is 17.2. The van der Waals surface area contributed by atoms with Crippen molar-refractivity contribution in [1.29, 1.82) is 5.41 Å². The van der Waals surface area contributed by atoms with Crippen molar-refractivity contribution in [3.05, 3.63) is 34.9 Å². The Labute approximate surface area is 183 Å². The molecule has 2 N–H and O–H groups in total. The zero-order valence-corrected chi connectivity index (χ0v) is 18.0. The third-order valence-corrected chi connectivity index (χ3v) is 5.28. The van der Waals surface area contributed by atoms with Crippen molar-refractivity contribution in [2.75, 3.05) is 13.1 Å². The summed E-state index contributed by atoms with van der Waals surface area (Å²) < 4.78 is 42.6. The second-order valence-corrected chi connectivity index (χ2v) is 8.83. The lowest BCUT2D eigenvalue weighted by Crippen LogP contribution is -2.48. The number of alkyl halides is 3. The fraction of sp³-hybridized carbons (Fsp3) is 0.524. The van der Waals surface area contributed by atoms with Crippen molar-refractivity contribution in [3.8, 4) is 0 Å². The van der Waals surface area contributed by atoms with E-state index in [-0.39, 0.29) is 17.5 Å². The second kappa shape index (κ2) is 8.44. The Bertz CT molecular complexity index is 947. The molecular weight excluding hydrogens is 429 g/mol. The molecule has 2 aliphatic heterocycles. The molecule has 11 heteroatoms. The molecule has 0 atom stereocenters. The smallest absolute Gasteiger partial charge is 0.444 e. The van der Waals surface area contributed by atoms with E-state index in [9.17, 15) is 27.6 Å². The van der Waals surface area contributed by atoms with Gasteiger partial charge in [0.1, 0.15) is 11.4 Å². The molecule has 0 aromatic heterocycles. The second-order valence-electron chi connectivity index (χ2n) is 8.83. The van der Waals surface area contributed by atoms with Gasteiger partial charge in [-0.05, 0) is 45.2 Å². The Morgan fingerprint density at radius 2 is 1.78 bits per heavy atom. The third kappa shape index (κ3) is 5.20. The molecule has 32 heavy (non-hydrogen) atoms. The van der Waals surface area contributed by atoms with Gasteiger partial charge in [0.05, 0.1) is 0 Å². The maximum absolute atomic E-state index is 12.9. The number of rotatable bonds is 2. The molecule has 0 radical (unpaired) electrons. The summed E-state index contributed by atoms with van der Waals surface area (Å²) in [5.41, 5.74) is 0.411. The van der Waals surface area contributed by atoms with Gasteiger partial charge in [0.25, 0.3) is 5.91 Å². The Morgan fingerprint density at radius 1 is 1.16 bits per heavy atom. The molecule has 2 heterocycles. The number of hydrogen-bond donors (Lipinski definition) is 2. The van der Waals surface area contributed by atoms with E-state index in [0.717, 1.165) is 0 Å². The summed E-state index contributed by atoms with van der Waals surface area (Å²) in [7, 11) is 0. The highest BCUT2D eigenvalue weighted by molar-refractivity contribution is 6.09. The number of halogens is 3. The van der Waals surface area contributed by atoms with Crippen LogP contribution in [0.1, 0.15) is 55.1 Å². The van der Waals surface area contributed by atoms with Gasteiger partial charge in [0.2, 0.25) is 0 Å². The van der Waals surface area contributed by atoms with Crippen molar-refractivity contribution in [2.45, 2.75) is 58.0 Å². The molecule has 1 aromatic rings. The van der Waals surface area contributed by atoms with E-state index in [1.165, 1.54) is 17.4 Å². The molecule has 0 saturated carbocycles. The minimum atomic E-state index is -5.11. The zero-order valence-electron chi connectivity index (χ0n) is 18.0. The van der Waals surface area contributed by atoms with Gasteiger partial charge in [-0.2, -0.15) is 13.2 Å². The van der Waals surface area contributed by atoms with Crippen molar-refractivity contribution in [3.63, 3.8) is 0 Å². The van der Waals surface area contributed by atoms with Crippen molar-refractivity contribution >= 4 is 23.7 Å². The van der Waals surface area contributed by atoms with Crippen molar-refractivity contribution < 1.29 is 32.3 Å². The average molecular weight is 454 g/mol. The number of likely N-dealkylation sites (tertiary alicyclic amines) is 1. The van der Waals surface area contributed by atoms with Crippen LogP contribution in [0.25, 0.3) is 0 Å². The molecule has 0 bridgehead atoms. The van der Waals surface area contributed by atoms with E-state index >= 15 is 0 Å². The first-order valence-electron chi connectivity index (χ1n) is 10.1. The van der Waals surface area contributed by atoms with Crippen LogP contribution >= 0.6 is 0 Å². The maximum atomic E-state index is 12.9. The number of nitrogens with one attached hydrogen (secondary N) is 2. The van der Waals surface area contributed by atoms with Crippen LogP contribution in [0.15, 0.2) is 18.2 Å². The summed E-state index contributed by atoms with van der Waals surface area (Å²) in [4.78, 5) is 39.5. The minimum absolute atomic E-state index is 0.0105. The number of amidine groups is 1. The topological polar surface area (TPSA) is 103 Å². The number of ether oxygens (including phenoxy) is 1. The lowest BCUT2D eigenvalue weighted by atomic mass is 10.0. The highest BCUT2D eigenvalue weighted by Crippen LogP contribution is 2.30. The molecule has 3 rings (SSSR count). The fourth-order valence-electron chi connectivity index (χ4n) is 3.72. The van der Waals surface area contributed by atoms with Crippen LogP contribution in [0.2, 0.25) is 0 Å². The van der Waals surface area contributed by atoms with E-state index in [1.54, 1.807) is 36.6 Å². The molecule has 2 aliphatic rings. The minimum Gasteiger partial charge on any atom is -0.444 e. The standard InChI is InChI=1S/C21H25F3N4O4/c1-20(2,3)32-19(31)27-8-6-14(7-9-27)28-11-13-5-4-12(10-15(13)17(28)29)16(25)26-18(30)21(22,23)24/h4-5,10,14H,6-9,11H2,1-3H3,(H2,25,26,30). The van der Waals surface area contributed by atoms with E-state index in [1.807, 2.05) is 0 Å². The number of piperidine rings is 1. The van der Waals surface area contributed by atoms with Crippen LogP contribution in [0.4, 0.5) is 18.0 Å². The summed E-state index contributed by atoms with van der Waals surface area (Å²) in [6.07, 6.45) is -4.35. The van der Waals surface area contributed by atoms with Gasteiger partial charge in [-0.25, -0.2) is 4.79 Å². The van der Waals surface area contributed by atoms with Gasteiger partial charge in [-0.1, -0.05) is 12.1 Å². The fourth-order valence-corrected chi connectivity index (χ4v) is 3.72. The van der Waals surface area contributed by atoms with Crippen LogP contribution < -0.4 is 5.32 Å². The maximum Gasteiger partial charge on any atom is 0.471 e. The van der Waals surface area contributed by atoms with Crippen LogP contribution in [0.3, 0.4) is 0 Å². The Balaban J connectivity index is 1.63. The lowest BCUT2D eigenvalue weighted by Gasteiger charge is -2.37. The molecule has 1 aromatic carbocycles. The third-order valence-electron chi connectivity index (χ3n) is 5.28. The predicted octanol–water partition coefficient (Wildman–Crippen LogP) is 3.05. The van der Waals surface area contributed by atoms with Gasteiger partial charge in [0, 0.05) is 36.8 Å². The zero-order chi connectivity index (χ0) is 23.8. The van der Waals surface area contributed by atoms with Gasteiger partial charge in [-0.15, -0.1) is 0 Å². The quantitative estimate of drug-likeness (QED) is 0.530. The number of nitrogens with zero attached hydrogens (tertiary/aromatic N) is 2. The molecular formula is C21H25F3N4O4. The van der Waals surface area contributed by atoms with Crippen molar-refractivity contribution in [1.82, 2.24) is 15.1 Å². The summed E-state index contributed by atoms with van der Waals surface area (Å²) in [6, 6.07) is 4.21. The highest BCUT2D eigenvalue weighted by Gasteiger charge is 2.40. The Kier molecular flexibility index (Phi) is 6.21. The first-order chi connectivity index (χ1) is 14.8. The molecule has 0 spiro atoms. The first kappa shape index (κ1) is 23.6. The first-order valence-corrected chi connectivity index (χ1v) is 10.1. The molecule has 3 amide bonds. The van der Waals surface area contributed by atoms with Gasteiger partial charge >= 0.3 is 18.2 Å². The van der Waals surface area contributed by atoms with Gasteiger partial charge < -0.3 is 19.9 Å². The number of carbonyl (C=O) groups is 3. The van der Waals surface area contributed by atoms with Crippen LogP contribution in [0, 0.1) is 5.41 Å². The molecule has 8 nitrogen and oxygen atoms in total. The lowest BCUT2D eigenvalue weighted by molar-refractivity contribution is -0.171. The molecule has 0 unspecified atom stereocenters. The summed E-state index contributed by atoms with van der Waals surface area (Å²) in [6.45, 7) is 6.60.